The molecule has 3 rings (SSSR count). The molecule has 1 amide bonds. The highest BCUT2D eigenvalue weighted by atomic mass is 16.7. The van der Waals surface area contributed by atoms with Crippen LogP contribution >= 0.6 is 0 Å². The Bertz CT molecular complexity index is 975. The minimum atomic E-state index is -0.563. The second-order valence-electron chi connectivity index (χ2n) is 7.83. The van der Waals surface area contributed by atoms with Gasteiger partial charge in [0, 0.05) is 18.2 Å². The van der Waals surface area contributed by atoms with Gasteiger partial charge < -0.3 is 9.57 Å². The van der Waals surface area contributed by atoms with Crippen LogP contribution < -0.4 is 9.74 Å². The van der Waals surface area contributed by atoms with Gasteiger partial charge in [0.2, 0.25) is 0 Å². The number of nitrogens with zero attached hydrogens (tertiary/aromatic N) is 3. The molecule has 0 aliphatic carbocycles. The van der Waals surface area contributed by atoms with Crippen LogP contribution in [0.5, 0.6) is 0 Å². The maximum Gasteiger partial charge on any atom is 0.414 e. The maximum absolute atomic E-state index is 12.6. The van der Waals surface area contributed by atoms with Crippen LogP contribution in [-0.4, -0.2) is 28.7 Å². The van der Waals surface area contributed by atoms with Crippen molar-refractivity contribution in [2.24, 2.45) is 0 Å². The highest BCUT2D eigenvalue weighted by Crippen LogP contribution is 2.32. The molecule has 0 fully saturated rings. The minimum absolute atomic E-state index is 0.407. The van der Waals surface area contributed by atoms with E-state index in [1.807, 2.05) is 82.3 Å². The number of hydrogen-bond donors (Lipinski definition) is 0. The molecule has 3 aromatic rings. The van der Waals surface area contributed by atoms with Crippen molar-refractivity contribution in [2.75, 3.05) is 11.9 Å². The summed E-state index contributed by atoms with van der Waals surface area (Å²) >= 11 is 0. The van der Waals surface area contributed by atoms with Crippen LogP contribution in [0.2, 0.25) is 0 Å². The van der Waals surface area contributed by atoms with Crippen LogP contribution in [0.1, 0.15) is 32.0 Å². The maximum atomic E-state index is 12.6. The number of anilines is 1. The van der Waals surface area contributed by atoms with Crippen molar-refractivity contribution in [3.63, 3.8) is 0 Å². The monoisotopic (exact) mass is 393 g/mol. The van der Waals surface area contributed by atoms with E-state index in [1.165, 1.54) is 9.75 Å². The lowest BCUT2D eigenvalue weighted by molar-refractivity contribution is 0.0589. The molecule has 0 N–H and O–H groups in total. The van der Waals surface area contributed by atoms with Crippen LogP contribution in [0.25, 0.3) is 11.1 Å². The quantitative estimate of drug-likeness (QED) is 0.621. The summed E-state index contributed by atoms with van der Waals surface area (Å²) in [7, 11) is 1.71. The number of carbonyl (C=O) groups is 1. The van der Waals surface area contributed by atoms with Crippen molar-refractivity contribution in [1.29, 1.82) is 0 Å². The van der Waals surface area contributed by atoms with Gasteiger partial charge in [-0.3, -0.25) is 4.90 Å². The Morgan fingerprint density at radius 3 is 2.38 bits per heavy atom. The number of benzene rings is 2. The first kappa shape index (κ1) is 20.5. The van der Waals surface area contributed by atoms with Gasteiger partial charge in [-0.1, -0.05) is 48.5 Å². The Morgan fingerprint density at radius 2 is 1.69 bits per heavy atom. The van der Waals surface area contributed by atoms with Gasteiger partial charge in [-0.2, -0.15) is 0 Å². The zero-order chi connectivity index (χ0) is 21.0. The van der Waals surface area contributed by atoms with Gasteiger partial charge >= 0.3 is 6.09 Å². The van der Waals surface area contributed by atoms with E-state index in [2.05, 4.69) is 5.10 Å². The summed E-state index contributed by atoms with van der Waals surface area (Å²) < 4.78 is 5.51. The summed E-state index contributed by atoms with van der Waals surface area (Å²) in [6.07, 6.45) is 1.34. The van der Waals surface area contributed by atoms with Crippen LogP contribution in [-0.2, 0) is 11.3 Å². The average molecular weight is 393 g/mol. The minimum Gasteiger partial charge on any atom is -0.443 e. The molecule has 0 aliphatic heterocycles. The fraction of sp³-hybridized carbons (Fsp3) is 0.304. The normalized spacial score (nSPS) is 11.2. The fourth-order valence-corrected chi connectivity index (χ4v) is 2.92. The van der Waals surface area contributed by atoms with Crippen LogP contribution in [0, 0.1) is 6.92 Å². The van der Waals surface area contributed by atoms with Crippen LogP contribution in [0.3, 0.4) is 0 Å². The summed E-state index contributed by atoms with van der Waals surface area (Å²) in [6, 6.07) is 17.6. The lowest BCUT2D eigenvalue weighted by atomic mass is 10.0. The van der Waals surface area contributed by atoms with Crippen molar-refractivity contribution >= 4 is 11.8 Å². The molecule has 6 heteroatoms. The number of carbonyl (C=O) groups excluding carboxylic acids is 1. The molecule has 0 radical (unpaired) electrons. The Morgan fingerprint density at radius 1 is 1.03 bits per heavy atom. The molecule has 6 nitrogen and oxygen atoms in total. The Labute approximate surface area is 171 Å². The van der Waals surface area contributed by atoms with E-state index in [4.69, 9.17) is 9.57 Å². The van der Waals surface area contributed by atoms with Crippen molar-refractivity contribution in [3.8, 4) is 11.1 Å². The summed E-state index contributed by atoms with van der Waals surface area (Å²) in [5.74, 6) is 0. The van der Waals surface area contributed by atoms with E-state index >= 15 is 0 Å². The average Bonchev–Trinajstić information content (AvgIpc) is 3.05. The number of para-hydroxylation sites is 1. The molecular weight excluding hydrogens is 366 g/mol. The lowest BCUT2D eigenvalue weighted by Crippen LogP contribution is -2.34. The molecule has 1 aromatic heterocycles. The smallest absolute Gasteiger partial charge is 0.414 e. The molecule has 152 valence electrons. The molecule has 2 aromatic carbocycles. The first-order chi connectivity index (χ1) is 13.8. The summed E-state index contributed by atoms with van der Waals surface area (Å²) in [5.41, 5.74) is 3.87. The van der Waals surface area contributed by atoms with Crippen molar-refractivity contribution in [2.45, 2.75) is 39.9 Å². The molecule has 1 heterocycles. The van der Waals surface area contributed by atoms with E-state index in [1.54, 1.807) is 13.2 Å². The first-order valence-electron chi connectivity index (χ1n) is 9.54. The van der Waals surface area contributed by atoms with Gasteiger partial charge in [-0.15, -0.1) is 9.94 Å². The predicted octanol–water partition coefficient (Wildman–Crippen LogP) is 4.86. The largest absolute Gasteiger partial charge is 0.443 e. The van der Waals surface area contributed by atoms with Crippen molar-refractivity contribution < 1.29 is 14.4 Å². The van der Waals surface area contributed by atoms with Gasteiger partial charge in [0.25, 0.3) is 0 Å². The zero-order valence-corrected chi connectivity index (χ0v) is 17.5. The molecule has 0 aliphatic rings. The van der Waals surface area contributed by atoms with Crippen molar-refractivity contribution in [1.82, 2.24) is 9.94 Å². The van der Waals surface area contributed by atoms with E-state index in [9.17, 15) is 4.79 Å². The lowest BCUT2D eigenvalue weighted by Gasteiger charge is -2.26. The van der Waals surface area contributed by atoms with E-state index in [0.29, 0.717) is 6.61 Å². The Kier molecular flexibility index (Phi) is 5.92. The van der Waals surface area contributed by atoms with Crippen LogP contribution in [0.15, 0.2) is 60.8 Å². The van der Waals surface area contributed by atoms with E-state index < -0.39 is 11.7 Å². The third-order valence-electron chi connectivity index (χ3n) is 4.39. The molecule has 0 spiro atoms. The Hall–Kier alpha value is -3.28. The molecule has 0 saturated carbocycles. The molecule has 0 bridgehead atoms. The molecule has 29 heavy (non-hydrogen) atoms. The van der Waals surface area contributed by atoms with Crippen molar-refractivity contribution in [3.05, 3.63) is 72.1 Å². The fourth-order valence-electron chi connectivity index (χ4n) is 2.92. The van der Waals surface area contributed by atoms with Gasteiger partial charge in [0.15, 0.2) is 0 Å². The molecule has 0 saturated heterocycles. The number of ether oxygens (including phenoxy) is 1. The SMILES string of the molecule is Cc1c(-c2ccccc2N(C)C(=O)OC(C)(C)C)cnn1OCc1ccccc1. The third kappa shape index (κ3) is 4.96. The van der Waals surface area contributed by atoms with E-state index in [-0.39, 0.29) is 0 Å². The van der Waals surface area contributed by atoms with Crippen LogP contribution in [0.4, 0.5) is 10.5 Å². The third-order valence-corrected chi connectivity index (χ3v) is 4.39. The zero-order valence-electron chi connectivity index (χ0n) is 17.5. The number of hydrogen-bond acceptors (Lipinski definition) is 4. The summed E-state index contributed by atoms with van der Waals surface area (Å²) in [4.78, 5) is 21.4. The molecular formula is C23H27N3O3. The Balaban J connectivity index is 1.84. The number of rotatable bonds is 5. The topological polar surface area (TPSA) is 56.6 Å². The van der Waals surface area contributed by atoms with Gasteiger partial charge in [0.1, 0.15) is 12.2 Å². The van der Waals surface area contributed by atoms with Gasteiger partial charge in [0.05, 0.1) is 17.6 Å². The highest BCUT2D eigenvalue weighted by Gasteiger charge is 2.23. The second-order valence-corrected chi connectivity index (χ2v) is 7.83. The number of aromatic nitrogens is 2. The number of amides is 1. The molecule has 0 atom stereocenters. The van der Waals surface area contributed by atoms with Gasteiger partial charge in [-0.25, -0.2) is 4.79 Å². The summed E-state index contributed by atoms with van der Waals surface area (Å²) in [5, 5.41) is 4.37. The predicted molar refractivity (Wildman–Crippen MR) is 114 cm³/mol. The highest BCUT2D eigenvalue weighted by molar-refractivity contribution is 5.93. The first-order valence-corrected chi connectivity index (χ1v) is 9.54. The second kappa shape index (κ2) is 8.39. The van der Waals surface area contributed by atoms with Gasteiger partial charge in [-0.05, 0) is 39.3 Å². The standard InChI is InChI=1S/C23H27N3O3/c1-17-20(15-24-26(17)28-16-18-11-7-6-8-12-18)19-13-9-10-14-21(19)25(5)22(27)29-23(2,3)4/h6-15H,16H2,1-5H3. The van der Waals surface area contributed by atoms with E-state index in [0.717, 1.165) is 28.1 Å². The molecule has 0 unspecified atom stereocenters. The summed E-state index contributed by atoms with van der Waals surface area (Å²) in [6.45, 7) is 7.91.